The highest BCUT2D eigenvalue weighted by Gasteiger charge is 2.23. The van der Waals surface area contributed by atoms with Crippen molar-refractivity contribution in [3.63, 3.8) is 0 Å². The maximum atomic E-state index is 13.6. The summed E-state index contributed by atoms with van der Waals surface area (Å²) in [6.07, 6.45) is 1.31. The van der Waals surface area contributed by atoms with Crippen LogP contribution in [0.5, 0.6) is 0 Å². The summed E-state index contributed by atoms with van der Waals surface area (Å²) in [4.78, 5) is 26.2. The first kappa shape index (κ1) is 22.5. The number of aromatic nitrogens is 7. The molecule has 0 amide bonds. The molecule has 0 aliphatic heterocycles. The van der Waals surface area contributed by atoms with Gasteiger partial charge in [0.25, 0.3) is 11.4 Å². The van der Waals surface area contributed by atoms with E-state index < -0.39 is 6.04 Å². The molecule has 5 rings (SSSR count). The Morgan fingerprint density at radius 1 is 1.31 bits per heavy atom. The van der Waals surface area contributed by atoms with E-state index in [-0.39, 0.29) is 23.9 Å². The second-order valence-electron chi connectivity index (χ2n) is 7.82. The molecule has 0 bridgehead atoms. The molecular formula is C22H20ClN9O3. The molecule has 5 N–H and O–H groups in total. The van der Waals surface area contributed by atoms with E-state index in [9.17, 15) is 9.90 Å². The Hall–Kier alpha value is -4.29. The van der Waals surface area contributed by atoms with Crippen molar-refractivity contribution in [3.8, 4) is 17.3 Å². The lowest BCUT2D eigenvalue weighted by atomic mass is 10.1. The summed E-state index contributed by atoms with van der Waals surface area (Å²) in [5.74, 6) is 1.40. The van der Waals surface area contributed by atoms with Crippen LogP contribution < -0.4 is 16.6 Å². The average molecular weight is 494 g/mol. The topological polar surface area (TPSA) is 174 Å². The van der Waals surface area contributed by atoms with E-state index in [0.29, 0.717) is 50.2 Å². The molecule has 1 aromatic carbocycles. The summed E-state index contributed by atoms with van der Waals surface area (Å²) >= 11 is 6.37. The monoisotopic (exact) mass is 493 g/mol. The van der Waals surface area contributed by atoms with E-state index in [1.54, 1.807) is 25.1 Å². The molecule has 35 heavy (non-hydrogen) atoms. The van der Waals surface area contributed by atoms with E-state index in [1.165, 1.54) is 10.9 Å². The predicted octanol–water partition coefficient (Wildman–Crippen LogP) is 2.76. The average Bonchev–Trinajstić information content (AvgIpc) is 3.48. The summed E-state index contributed by atoms with van der Waals surface area (Å²) in [7, 11) is 0. The van der Waals surface area contributed by atoms with Gasteiger partial charge in [-0.15, -0.1) is 0 Å². The van der Waals surface area contributed by atoms with Crippen molar-refractivity contribution in [1.82, 2.24) is 34.9 Å². The third-order valence-corrected chi connectivity index (χ3v) is 5.77. The van der Waals surface area contributed by atoms with Gasteiger partial charge >= 0.3 is 0 Å². The number of aliphatic hydroxyl groups excluding tert-OH is 1. The highest BCUT2D eigenvalue weighted by Crippen LogP contribution is 2.32. The number of rotatable bonds is 6. The number of nitrogen functional groups attached to an aromatic ring is 1. The number of hydrogen-bond donors (Lipinski definition) is 4. The molecule has 1 atom stereocenters. The first-order chi connectivity index (χ1) is 16.9. The number of fused-ring (bicyclic) bond motifs is 1. The molecule has 0 unspecified atom stereocenters. The molecule has 0 saturated carbocycles. The zero-order valence-electron chi connectivity index (χ0n) is 18.7. The van der Waals surface area contributed by atoms with Crippen molar-refractivity contribution in [2.45, 2.75) is 26.5 Å². The second-order valence-corrected chi connectivity index (χ2v) is 8.23. The number of nitrogens with zero attached hydrogens (tertiary/aromatic N) is 6. The van der Waals surface area contributed by atoms with Crippen molar-refractivity contribution >= 4 is 34.0 Å². The molecule has 5 aromatic rings. The number of hydrogen-bond acceptors (Lipinski definition) is 10. The standard InChI is InChI=1S/C22H20ClN9O3/c1-10(27-20-18(19(24)25-9-26-20)21-28-11(2)31-35-21)15-6-12-4-3-5-14(23)17(12)22(34)32(15)16-7-13(8-33)29-30-16/h3-7,9-10,33H,8H2,1-2H3,(H,29,30)(H3,24,25,26,27)/t10-/m0/s1. The summed E-state index contributed by atoms with van der Waals surface area (Å²) in [6, 6.07) is 8.18. The van der Waals surface area contributed by atoms with Crippen molar-refractivity contribution in [3.05, 3.63) is 69.2 Å². The van der Waals surface area contributed by atoms with Gasteiger partial charge in [0, 0.05) is 6.07 Å². The van der Waals surface area contributed by atoms with Gasteiger partial charge in [-0.1, -0.05) is 28.9 Å². The van der Waals surface area contributed by atoms with E-state index in [2.05, 4.69) is 35.6 Å². The van der Waals surface area contributed by atoms with Crippen LogP contribution >= 0.6 is 11.6 Å². The molecule has 12 nitrogen and oxygen atoms in total. The van der Waals surface area contributed by atoms with Gasteiger partial charge in [-0.2, -0.15) is 10.1 Å². The van der Waals surface area contributed by atoms with Crippen LogP contribution in [0.25, 0.3) is 28.0 Å². The maximum absolute atomic E-state index is 13.6. The van der Waals surface area contributed by atoms with Crippen LogP contribution in [-0.4, -0.2) is 40.0 Å². The molecule has 0 aliphatic rings. The molecular weight excluding hydrogens is 474 g/mol. The lowest BCUT2D eigenvalue weighted by Crippen LogP contribution is -2.26. The van der Waals surface area contributed by atoms with Crippen LogP contribution in [-0.2, 0) is 6.61 Å². The van der Waals surface area contributed by atoms with Crippen LogP contribution in [0, 0.1) is 6.92 Å². The van der Waals surface area contributed by atoms with Crippen LogP contribution in [0.3, 0.4) is 0 Å². The van der Waals surface area contributed by atoms with Crippen LogP contribution in [0.4, 0.5) is 11.6 Å². The second kappa shape index (κ2) is 8.81. The highest BCUT2D eigenvalue weighted by molar-refractivity contribution is 6.35. The number of aromatic amines is 1. The molecule has 0 aliphatic carbocycles. The Kier molecular flexibility index (Phi) is 5.67. The Morgan fingerprint density at radius 2 is 2.14 bits per heavy atom. The van der Waals surface area contributed by atoms with E-state index in [1.807, 2.05) is 19.1 Å². The molecule has 178 valence electrons. The maximum Gasteiger partial charge on any atom is 0.266 e. The van der Waals surface area contributed by atoms with Crippen molar-refractivity contribution < 1.29 is 9.63 Å². The molecule has 0 saturated heterocycles. The number of benzene rings is 1. The smallest absolute Gasteiger partial charge is 0.266 e. The fourth-order valence-corrected chi connectivity index (χ4v) is 4.10. The van der Waals surface area contributed by atoms with Gasteiger partial charge < -0.3 is 20.7 Å². The van der Waals surface area contributed by atoms with Gasteiger partial charge in [-0.25, -0.2) is 9.97 Å². The molecule has 0 radical (unpaired) electrons. The van der Waals surface area contributed by atoms with Gasteiger partial charge in [-0.05, 0) is 31.4 Å². The normalized spacial score (nSPS) is 12.2. The lowest BCUT2D eigenvalue weighted by Gasteiger charge is -2.21. The minimum Gasteiger partial charge on any atom is -0.390 e. The third-order valence-electron chi connectivity index (χ3n) is 5.46. The largest absolute Gasteiger partial charge is 0.390 e. The Labute approximate surface area is 202 Å². The summed E-state index contributed by atoms with van der Waals surface area (Å²) in [6.45, 7) is 3.28. The van der Waals surface area contributed by atoms with E-state index in [0.717, 1.165) is 0 Å². The number of nitrogens with two attached hydrogens (primary N) is 1. The third kappa shape index (κ3) is 3.98. The number of pyridine rings is 1. The van der Waals surface area contributed by atoms with Gasteiger partial charge in [0.2, 0.25) is 0 Å². The number of anilines is 2. The van der Waals surface area contributed by atoms with Crippen molar-refractivity contribution in [2.24, 2.45) is 0 Å². The SMILES string of the molecule is Cc1noc(-c2c(N)ncnc2N[C@@H](C)c2cc3cccc(Cl)c3c(=O)n2-c2cc(CO)[nH]n2)n1. The highest BCUT2D eigenvalue weighted by atomic mass is 35.5. The van der Waals surface area contributed by atoms with E-state index in [4.69, 9.17) is 21.9 Å². The number of nitrogens with one attached hydrogen (secondary N) is 2. The van der Waals surface area contributed by atoms with Gasteiger partial charge in [0.15, 0.2) is 11.6 Å². The molecule has 4 heterocycles. The summed E-state index contributed by atoms with van der Waals surface area (Å²) < 4.78 is 6.72. The fraction of sp³-hybridized carbons (Fsp3) is 0.182. The minimum atomic E-state index is -0.488. The zero-order valence-corrected chi connectivity index (χ0v) is 19.4. The lowest BCUT2D eigenvalue weighted by molar-refractivity contribution is 0.276. The van der Waals surface area contributed by atoms with Crippen LogP contribution in [0.1, 0.15) is 30.2 Å². The number of aliphatic hydroxyl groups is 1. The predicted molar refractivity (Wildman–Crippen MR) is 129 cm³/mol. The first-order valence-electron chi connectivity index (χ1n) is 10.5. The van der Waals surface area contributed by atoms with E-state index >= 15 is 0 Å². The van der Waals surface area contributed by atoms with Crippen molar-refractivity contribution in [2.75, 3.05) is 11.1 Å². The molecule has 4 aromatic heterocycles. The number of aryl methyl sites for hydroxylation is 1. The Balaban J connectivity index is 1.67. The fourth-order valence-electron chi connectivity index (χ4n) is 3.84. The Morgan fingerprint density at radius 3 is 2.86 bits per heavy atom. The minimum absolute atomic E-state index is 0.154. The number of halogens is 1. The first-order valence-corrected chi connectivity index (χ1v) is 10.9. The van der Waals surface area contributed by atoms with Gasteiger partial charge in [0.1, 0.15) is 23.5 Å². The zero-order chi connectivity index (χ0) is 24.7. The molecule has 13 heteroatoms. The van der Waals surface area contributed by atoms with Gasteiger partial charge in [0.05, 0.1) is 34.4 Å². The van der Waals surface area contributed by atoms with Crippen LogP contribution in [0.15, 0.2) is 46.0 Å². The Bertz CT molecular complexity index is 1610. The molecule has 0 spiro atoms. The quantitative estimate of drug-likeness (QED) is 0.275. The summed E-state index contributed by atoms with van der Waals surface area (Å²) in [5.41, 5.74) is 7.11. The number of H-pyrrole nitrogens is 1. The van der Waals surface area contributed by atoms with Crippen LogP contribution in [0.2, 0.25) is 5.02 Å². The summed E-state index contributed by atoms with van der Waals surface area (Å²) in [5, 5.41) is 24.9. The molecule has 0 fully saturated rings. The van der Waals surface area contributed by atoms with Crippen molar-refractivity contribution in [1.29, 1.82) is 0 Å². The van der Waals surface area contributed by atoms with Gasteiger partial charge in [-0.3, -0.25) is 14.5 Å².